The Morgan fingerprint density at radius 2 is 2.00 bits per heavy atom. The predicted octanol–water partition coefficient (Wildman–Crippen LogP) is 2.68. The van der Waals surface area contributed by atoms with Gasteiger partial charge in [0.15, 0.2) is 0 Å². The Morgan fingerprint density at radius 1 is 1.27 bits per heavy atom. The maximum atomic E-state index is 2.60. The summed E-state index contributed by atoms with van der Waals surface area (Å²) in [6.45, 7) is 7.23. The highest BCUT2D eigenvalue weighted by molar-refractivity contribution is 14.1. The minimum atomic E-state index is 0.747. The third-order valence-electron chi connectivity index (χ3n) is 2.42. The Morgan fingerprint density at radius 3 is 2.64 bits per heavy atom. The van der Waals surface area contributed by atoms with Crippen LogP contribution in [-0.4, -0.2) is 28.0 Å². The highest BCUT2D eigenvalue weighted by Gasteiger charge is 2.15. The van der Waals surface area contributed by atoms with E-state index in [9.17, 15) is 0 Å². The Bertz CT molecular complexity index is 114. The van der Waals surface area contributed by atoms with Crippen molar-refractivity contribution >= 4 is 22.6 Å². The van der Waals surface area contributed by atoms with Crippen LogP contribution in [0.15, 0.2) is 0 Å². The van der Waals surface area contributed by atoms with Crippen molar-refractivity contribution in [2.75, 3.05) is 13.1 Å². The SMILES string of the molecule is CC(C)N1CCCC(I)CC1. The van der Waals surface area contributed by atoms with Crippen molar-refractivity contribution in [1.82, 2.24) is 4.90 Å². The summed E-state index contributed by atoms with van der Waals surface area (Å²) < 4.78 is 0.927. The number of alkyl halides is 1. The molecule has 1 atom stereocenters. The zero-order chi connectivity index (χ0) is 8.27. The molecular weight excluding hydrogens is 249 g/mol. The van der Waals surface area contributed by atoms with E-state index in [1.165, 1.54) is 32.4 Å². The van der Waals surface area contributed by atoms with Crippen LogP contribution in [0.5, 0.6) is 0 Å². The molecule has 1 aliphatic rings. The lowest BCUT2D eigenvalue weighted by molar-refractivity contribution is 0.231. The molecule has 11 heavy (non-hydrogen) atoms. The molecule has 0 aromatic carbocycles. The van der Waals surface area contributed by atoms with Gasteiger partial charge in [0.05, 0.1) is 0 Å². The van der Waals surface area contributed by atoms with Crippen LogP contribution < -0.4 is 0 Å². The summed E-state index contributed by atoms with van der Waals surface area (Å²) in [7, 11) is 0. The molecule has 0 bridgehead atoms. The quantitative estimate of drug-likeness (QED) is 0.521. The van der Waals surface area contributed by atoms with Gasteiger partial charge in [-0.2, -0.15) is 0 Å². The van der Waals surface area contributed by atoms with Gasteiger partial charge in [0.2, 0.25) is 0 Å². The molecule has 1 nitrogen and oxygen atoms in total. The van der Waals surface area contributed by atoms with E-state index in [1.807, 2.05) is 0 Å². The second-order valence-electron chi connectivity index (χ2n) is 3.66. The van der Waals surface area contributed by atoms with Crippen molar-refractivity contribution in [2.24, 2.45) is 0 Å². The fraction of sp³-hybridized carbons (Fsp3) is 1.00. The zero-order valence-electron chi connectivity index (χ0n) is 7.52. The van der Waals surface area contributed by atoms with Crippen LogP contribution in [0.3, 0.4) is 0 Å². The zero-order valence-corrected chi connectivity index (χ0v) is 9.67. The van der Waals surface area contributed by atoms with E-state index in [2.05, 4.69) is 41.3 Å². The molecule has 0 radical (unpaired) electrons. The summed E-state index contributed by atoms with van der Waals surface area (Å²) in [5.41, 5.74) is 0. The molecule has 0 saturated carbocycles. The fourth-order valence-corrected chi connectivity index (χ4v) is 2.31. The second-order valence-corrected chi connectivity index (χ2v) is 5.42. The molecule has 1 aliphatic heterocycles. The summed E-state index contributed by atoms with van der Waals surface area (Å²) >= 11 is 2.59. The third-order valence-corrected chi connectivity index (χ3v) is 3.67. The lowest BCUT2D eigenvalue weighted by atomic mass is 10.2. The Kier molecular flexibility index (Phi) is 4.13. The Labute approximate surface area is 83.7 Å². The number of hydrogen-bond donors (Lipinski definition) is 0. The molecule has 0 amide bonds. The smallest absolute Gasteiger partial charge is 0.0122 e. The maximum Gasteiger partial charge on any atom is 0.0122 e. The number of rotatable bonds is 1. The minimum absolute atomic E-state index is 0.747. The molecule has 0 spiro atoms. The second kappa shape index (κ2) is 4.65. The van der Waals surface area contributed by atoms with Crippen LogP contribution in [0.25, 0.3) is 0 Å². The summed E-state index contributed by atoms with van der Waals surface area (Å²) in [6, 6.07) is 0.747. The Balaban J connectivity index is 2.34. The van der Waals surface area contributed by atoms with E-state index < -0.39 is 0 Å². The standard InChI is InChI=1S/C9H18IN/c1-8(2)11-6-3-4-9(10)5-7-11/h8-9H,3-7H2,1-2H3. The average Bonchev–Trinajstić information content (AvgIpc) is 2.13. The highest BCUT2D eigenvalue weighted by Crippen LogP contribution is 2.19. The van der Waals surface area contributed by atoms with Crippen LogP contribution in [0.1, 0.15) is 33.1 Å². The highest BCUT2D eigenvalue weighted by atomic mass is 127. The van der Waals surface area contributed by atoms with Crippen molar-refractivity contribution in [1.29, 1.82) is 0 Å². The van der Waals surface area contributed by atoms with Crippen molar-refractivity contribution < 1.29 is 0 Å². The van der Waals surface area contributed by atoms with Gasteiger partial charge in [0.1, 0.15) is 0 Å². The maximum absolute atomic E-state index is 2.60. The van der Waals surface area contributed by atoms with E-state index in [0.717, 1.165) is 9.97 Å². The minimum Gasteiger partial charge on any atom is -0.301 e. The largest absolute Gasteiger partial charge is 0.301 e. The molecule has 0 N–H and O–H groups in total. The molecule has 1 unspecified atom stereocenters. The van der Waals surface area contributed by atoms with Crippen molar-refractivity contribution in [3.05, 3.63) is 0 Å². The Hall–Kier alpha value is 0.690. The average molecular weight is 267 g/mol. The van der Waals surface area contributed by atoms with Crippen LogP contribution in [0.4, 0.5) is 0 Å². The number of likely N-dealkylation sites (tertiary alicyclic amines) is 1. The monoisotopic (exact) mass is 267 g/mol. The third kappa shape index (κ3) is 3.28. The summed E-state index contributed by atoms with van der Waals surface area (Å²) in [5, 5.41) is 0. The van der Waals surface area contributed by atoms with Gasteiger partial charge in [-0.1, -0.05) is 22.6 Å². The first-order valence-corrected chi connectivity index (χ1v) is 5.83. The van der Waals surface area contributed by atoms with Gasteiger partial charge in [-0.3, -0.25) is 0 Å². The van der Waals surface area contributed by atoms with Gasteiger partial charge in [-0.05, 0) is 46.2 Å². The normalized spacial score (nSPS) is 28.9. The predicted molar refractivity (Wildman–Crippen MR) is 58.4 cm³/mol. The molecular formula is C9H18IN. The molecule has 2 heteroatoms. The van der Waals surface area contributed by atoms with Gasteiger partial charge in [0.25, 0.3) is 0 Å². The van der Waals surface area contributed by atoms with Crippen LogP contribution in [0.2, 0.25) is 0 Å². The van der Waals surface area contributed by atoms with E-state index in [4.69, 9.17) is 0 Å². The first-order chi connectivity index (χ1) is 5.20. The van der Waals surface area contributed by atoms with Crippen LogP contribution in [0, 0.1) is 0 Å². The van der Waals surface area contributed by atoms with Crippen LogP contribution in [-0.2, 0) is 0 Å². The van der Waals surface area contributed by atoms with E-state index >= 15 is 0 Å². The first-order valence-electron chi connectivity index (χ1n) is 4.58. The van der Waals surface area contributed by atoms with Gasteiger partial charge >= 0.3 is 0 Å². The van der Waals surface area contributed by atoms with E-state index in [0.29, 0.717) is 0 Å². The molecule has 1 rings (SSSR count). The lowest BCUT2D eigenvalue weighted by Crippen LogP contribution is -2.31. The molecule has 0 aliphatic carbocycles. The number of nitrogens with zero attached hydrogens (tertiary/aromatic N) is 1. The van der Waals surface area contributed by atoms with Gasteiger partial charge in [0, 0.05) is 9.97 Å². The van der Waals surface area contributed by atoms with Gasteiger partial charge < -0.3 is 4.90 Å². The van der Waals surface area contributed by atoms with Crippen molar-refractivity contribution in [3.63, 3.8) is 0 Å². The molecule has 0 aromatic heterocycles. The van der Waals surface area contributed by atoms with Gasteiger partial charge in [-0.15, -0.1) is 0 Å². The van der Waals surface area contributed by atoms with E-state index in [-0.39, 0.29) is 0 Å². The summed E-state index contributed by atoms with van der Waals surface area (Å²) in [4.78, 5) is 2.60. The molecule has 1 heterocycles. The van der Waals surface area contributed by atoms with Gasteiger partial charge in [-0.25, -0.2) is 0 Å². The van der Waals surface area contributed by atoms with Crippen molar-refractivity contribution in [3.8, 4) is 0 Å². The van der Waals surface area contributed by atoms with Crippen LogP contribution >= 0.6 is 22.6 Å². The molecule has 1 saturated heterocycles. The molecule has 0 aromatic rings. The number of halogens is 1. The first kappa shape index (κ1) is 9.78. The van der Waals surface area contributed by atoms with E-state index in [1.54, 1.807) is 0 Å². The summed E-state index contributed by atoms with van der Waals surface area (Å²) in [6.07, 6.45) is 4.20. The fourth-order valence-electron chi connectivity index (χ4n) is 1.59. The topological polar surface area (TPSA) is 3.24 Å². The molecule has 66 valence electrons. The molecule has 1 fully saturated rings. The summed E-state index contributed by atoms with van der Waals surface area (Å²) in [5.74, 6) is 0. The lowest BCUT2D eigenvalue weighted by Gasteiger charge is -2.23. The van der Waals surface area contributed by atoms with Crippen molar-refractivity contribution in [2.45, 2.75) is 43.1 Å². The number of hydrogen-bond acceptors (Lipinski definition) is 1.